The lowest BCUT2D eigenvalue weighted by Crippen LogP contribution is -2.04. The molecule has 0 aromatic heterocycles. The first kappa shape index (κ1) is 20.8. The Bertz CT molecular complexity index is 317. The zero-order valence-electron chi connectivity index (χ0n) is 13.1. The standard InChI is InChI=1S/C12H26O4S.C2H5NO/c1-2-3-4-5-6-7-8-9-10-11-12-16-17(13,14)15;3-2-1-4-2/h2-12H2,1H3,(H,13,14,15);2H,1,3H2. The van der Waals surface area contributed by atoms with Crippen LogP contribution in [0.1, 0.15) is 71.1 Å². The van der Waals surface area contributed by atoms with Gasteiger partial charge in [-0.15, -0.1) is 0 Å². The fourth-order valence-corrected chi connectivity index (χ4v) is 2.14. The SMILES string of the molecule is CCCCCCCCCCCCOS(=O)(=O)O.NC1CO1. The number of epoxide rings is 1. The molecule has 0 radical (unpaired) electrons. The predicted octanol–water partition coefficient (Wildman–Crippen LogP) is 3.03. The van der Waals surface area contributed by atoms with Gasteiger partial charge in [-0.2, -0.15) is 8.42 Å². The van der Waals surface area contributed by atoms with E-state index in [1.54, 1.807) is 0 Å². The number of nitrogens with two attached hydrogens (primary N) is 1. The van der Waals surface area contributed by atoms with Crippen LogP contribution in [0.25, 0.3) is 0 Å². The summed E-state index contributed by atoms with van der Waals surface area (Å²) >= 11 is 0. The third kappa shape index (κ3) is 22.2. The van der Waals surface area contributed by atoms with Crippen molar-refractivity contribution in [2.24, 2.45) is 5.73 Å². The minimum Gasteiger partial charge on any atom is -0.357 e. The lowest BCUT2D eigenvalue weighted by Gasteiger charge is -2.02. The Hall–Kier alpha value is -0.210. The van der Waals surface area contributed by atoms with Gasteiger partial charge in [0.1, 0.15) is 6.23 Å². The number of hydrogen-bond donors (Lipinski definition) is 2. The molecule has 7 heteroatoms. The van der Waals surface area contributed by atoms with E-state index in [-0.39, 0.29) is 12.8 Å². The van der Waals surface area contributed by atoms with E-state index >= 15 is 0 Å². The Morgan fingerprint density at radius 2 is 1.43 bits per heavy atom. The molecule has 0 aromatic rings. The summed E-state index contributed by atoms with van der Waals surface area (Å²) in [5, 5.41) is 0. The highest BCUT2D eigenvalue weighted by atomic mass is 32.3. The lowest BCUT2D eigenvalue weighted by molar-refractivity contribution is 0.261. The quantitative estimate of drug-likeness (QED) is 0.325. The number of hydrogen-bond acceptors (Lipinski definition) is 5. The highest BCUT2D eigenvalue weighted by Crippen LogP contribution is 2.10. The van der Waals surface area contributed by atoms with Crippen LogP contribution >= 0.6 is 0 Å². The molecule has 21 heavy (non-hydrogen) atoms. The second-order valence-corrected chi connectivity index (χ2v) is 6.39. The molecular formula is C14H31NO5S. The van der Waals surface area contributed by atoms with Crippen LogP contribution in [-0.2, 0) is 19.3 Å². The fraction of sp³-hybridized carbons (Fsp3) is 1.00. The van der Waals surface area contributed by atoms with Crippen LogP contribution in [0.2, 0.25) is 0 Å². The van der Waals surface area contributed by atoms with Gasteiger partial charge in [-0.1, -0.05) is 64.7 Å². The predicted molar refractivity (Wildman–Crippen MR) is 83.3 cm³/mol. The van der Waals surface area contributed by atoms with Crippen LogP contribution in [0.4, 0.5) is 0 Å². The van der Waals surface area contributed by atoms with Crippen molar-refractivity contribution in [3.05, 3.63) is 0 Å². The van der Waals surface area contributed by atoms with Crippen molar-refractivity contribution in [2.45, 2.75) is 77.4 Å². The average Bonchev–Trinajstić information content (AvgIpc) is 3.18. The van der Waals surface area contributed by atoms with E-state index in [0.29, 0.717) is 6.42 Å². The second kappa shape index (κ2) is 13.5. The first-order chi connectivity index (χ1) is 9.95. The van der Waals surface area contributed by atoms with Crippen molar-refractivity contribution in [1.82, 2.24) is 0 Å². The van der Waals surface area contributed by atoms with E-state index in [2.05, 4.69) is 15.8 Å². The maximum Gasteiger partial charge on any atom is 0.397 e. The van der Waals surface area contributed by atoms with Crippen molar-refractivity contribution in [3.63, 3.8) is 0 Å². The molecule has 0 saturated carbocycles. The summed E-state index contributed by atoms with van der Waals surface area (Å²) < 4.78 is 37.5. The van der Waals surface area contributed by atoms with Crippen LogP contribution in [0.5, 0.6) is 0 Å². The summed E-state index contributed by atoms with van der Waals surface area (Å²) in [6.07, 6.45) is 11.9. The van der Waals surface area contributed by atoms with Gasteiger partial charge in [-0.25, -0.2) is 4.18 Å². The molecule has 1 saturated heterocycles. The van der Waals surface area contributed by atoms with Crippen molar-refractivity contribution in [3.8, 4) is 0 Å². The van der Waals surface area contributed by atoms with E-state index in [4.69, 9.17) is 10.3 Å². The van der Waals surface area contributed by atoms with Gasteiger partial charge in [0.25, 0.3) is 0 Å². The summed E-state index contributed by atoms with van der Waals surface area (Å²) in [7, 11) is -4.23. The molecule has 1 heterocycles. The van der Waals surface area contributed by atoms with Gasteiger partial charge in [0, 0.05) is 0 Å². The first-order valence-electron chi connectivity index (χ1n) is 7.94. The summed E-state index contributed by atoms with van der Waals surface area (Å²) in [5.74, 6) is 0. The summed E-state index contributed by atoms with van der Waals surface area (Å²) in [6.45, 7) is 3.07. The average molecular weight is 325 g/mol. The molecule has 0 aromatic carbocycles. The maximum absolute atomic E-state index is 10.2. The van der Waals surface area contributed by atoms with Crippen molar-refractivity contribution in [2.75, 3.05) is 13.2 Å². The topological polar surface area (TPSA) is 102 Å². The summed E-state index contributed by atoms with van der Waals surface area (Å²) in [4.78, 5) is 0. The van der Waals surface area contributed by atoms with Crippen molar-refractivity contribution in [1.29, 1.82) is 0 Å². The highest BCUT2D eigenvalue weighted by molar-refractivity contribution is 7.80. The molecule has 1 atom stereocenters. The molecular weight excluding hydrogens is 294 g/mol. The fourth-order valence-electron chi connectivity index (χ4n) is 1.81. The maximum atomic E-state index is 10.2. The Morgan fingerprint density at radius 3 is 1.76 bits per heavy atom. The molecule has 1 rings (SSSR count). The van der Waals surface area contributed by atoms with Crippen molar-refractivity contribution < 1.29 is 21.9 Å². The normalized spacial score (nSPS) is 17.2. The van der Waals surface area contributed by atoms with Gasteiger partial charge in [-0.3, -0.25) is 4.55 Å². The number of rotatable bonds is 12. The molecule has 128 valence electrons. The van der Waals surface area contributed by atoms with E-state index < -0.39 is 10.4 Å². The lowest BCUT2D eigenvalue weighted by atomic mass is 10.1. The Balaban J connectivity index is 0.000000847. The smallest absolute Gasteiger partial charge is 0.357 e. The molecule has 1 aliphatic rings. The molecule has 1 aliphatic heterocycles. The van der Waals surface area contributed by atoms with Gasteiger partial charge >= 0.3 is 10.4 Å². The van der Waals surface area contributed by atoms with Crippen LogP contribution < -0.4 is 5.73 Å². The number of ether oxygens (including phenoxy) is 1. The Labute approximate surface area is 129 Å². The van der Waals surface area contributed by atoms with Crippen molar-refractivity contribution >= 4 is 10.4 Å². The second-order valence-electron chi connectivity index (χ2n) is 5.30. The Morgan fingerprint density at radius 1 is 1.05 bits per heavy atom. The van der Waals surface area contributed by atoms with Gasteiger partial charge in [0.2, 0.25) is 0 Å². The first-order valence-corrected chi connectivity index (χ1v) is 9.31. The van der Waals surface area contributed by atoms with Gasteiger partial charge in [-0.05, 0) is 6.42 Å². The molecule has 3 N–H and O–H groups in total. The van der Waals surface area contributed by atoms with Crippen LogP contribution in [0.15, 0.2) is 0 Å². The monoisotopic (exact) mass is 325 g/mol. The third-order valence-corrected chi connectivity index (χ3v) is 3.55. The summed E-state index contributed by atoms with van der Waals surface area (Å²) in [6, 6.07) is 0. The zero-order chi connectivity index (χ0) is 16.0. The molecule has 1 fully saturated rings. The van der Waals surface area contributed by atoms with Gasteiger partial charge in [0.15, 0.2) is 0 Å². The van der Waals surface area contributed by atoms with Crippen LogP contribution in [0, 0.1) is 0 Å². The highest BCUT2D eigenvalue weighted by Gasteiger charge is 2.14. The van der Waals surface area contributed by atoms with Gasteiger partial charge in [0.05, 0.1) is 13.2 Å². The van der Waals surface area contributed by atoms with E-state index in [1.807, 2.05) is 0 Å². The minimum absolute atomic E-state index is 0.0833. The summed E-state index contributed by atoms with van der Waals surface area (Å²) in [5.41, 5.74) is 5.00. The molecule has 0 aliphatic carbocycles. The molecule has 6 nitrogen and oxygen atoms in total. The minimum atomic E-state index is -4.23. The number of unbranched alkanes of at least 4 members (excludes halogenated alkanes) is 9. The largest absolute Gasteiger partial charge is 0.397 e. The Kier molecular flexibility index (Phi) is 13.3. The van der Waals surface area contributed by atoms with Crippen LogP contribution in [0.3, 0.4) is 0 Å². The van der Waals surface area contributed by atoms with E-state index in [0.717, 1.165) is 19.4 Å². The molecule has 0 bridgehead atoms. The third-order valence-electron chi connectivity index (χ3n) is 3.09. The molecule has 0 amide bonds. The van der Waals surface area contributed by atoms with E-state index in [9.17, 15) is 8.42 Å². The molecule has 0 spiro atoms. The van der Waals surface area contributed by atoms with Crippen LogP contribution in [-0.4, -0.2) is 32.4 Å². The van der Waals surface area contributed by atoms with Gasteiger partial charge < -0.3 is 10.5 Å². The van der Waals surface area contributed by atoms with E-state index in [1.165, 1.54) is 44.9 Å². The zero-order valence-corrected chi connectivity index (χ0v) is 13.9. The molecule has 1 unspecified atom stereocenters.